The normalized spacial score (nSPS) is 10.5. The molecule has 0 fully saturated rings. The fourth-order valence-electron chi connectivity index (χ4n) is 2.64. The average Bonchev–Trinajstić information content (AvgIpc) is 2.65. The van der Waals surface area contributed by atoms with Crippen molar-refractivity contribution < 1.29 is 18.7 Å². The fraction of sp³-hybridized carbons (Fsp3) is 0.158. The van der Waals surface area contributed by atoms with Crippen LogP contribution in [0.5, 0.6) is 5.75 Å². The Hall–Kier alpha value is -3.75. The lowest BCUT2D eigenvalue weighted by atomic mass is 10.2. The number of methoxy groups -OCH3 is 1. The van der Waals surface area contributed by atoms with E-state index in [4.69, 9.17) is 4.74 Å². The van der Waals surface area contributed by atoms with Gasteiger partial charge in [-0.05, 0) is 30.3 Å². The summed E-state index contributed by atoms with van der Waals surface area (Å²) in [5, 5.41) is 5.31. The number of amides is 2. The summed E-state index contributed by atoms with van der Waals surface area (Å²) >= 11 is 0. The summed E-state index contributed by atoms with van der Waals surface area (Å²) in [5.41, 5.74) is 0.497. The molecule has 8 nitrogen and oxygen atoms in total. The zero-order chi connectivity index (χ0) is 20.3. The van der Waals surface area contributed by atoms with Crippen molar-refractivity contribution in [3.8, 4) is 5.75 Å². The second-order valence-electron chi connectivity index (χ2n) is 5.98. The molecule has 144 valence electrons. The van der Waals surface area contributed by atoms with E-state index in [1.807, 2.05) is 0 Å². The number of nitrogens with zero attached hydrogens (tertiary/aromatic N) is 2. The van der Waals surface area contributed by atoms with Gasteiger partial charge >= 0.3 is 0 Å². The maximum atomic E-state index is 13.4. The van der Waals surface area contributed by atoms with Crippen molar-refractivity contribution in [3.63, 3.8) is 0 Å². The van der Waals surface area contributed by atoms with Crippen LogP contribution in [-0.2, 0) is 16.1 Å². The first-order valence-corrected chi connectivity index (χ1v) is 8.27. The monoisotopic (exact) mass is 384 g/mol. The quantitative estimate of drug-likeness (QED) is 0.702. The molecule has 0 aliphatic heterocycles. The molecule has 2 N–H and O–H groups in total. The van der Waals surface area contributed by atoms with Crippen molar-refractivity contribution in [2.75, 3.05) is 17.7 Å². The molecular formula is C19H17FN4O4. The minimum absolute atomic E-state index is 0.0793. The van der Waals surface area contributed by atoms with Gasteiger partial charge in [0.2, 0.25) is 11.8 Å². The van der Waals surface area contributed by atoms with Crippen LogP contribution in [0.15, 0.2) is 47.5 Å². The van der Waals surface area contributed by atoms with Crippen molar-refractivity contribution >= 4 is 34.1 Å². The molecule has 2 aromatic carbocycles. The number of rotatable bonds is 5. The van der Waals surface area contributed by atoms with Gasteiger partial charge in [0.25, 0.3) is 5.56 Å². The zero-order valence-electron chi connectivity index (χ0n) is 15.2. The van der Waals surface area contributed by atoms with Crippen LogP contribution in [0.25, 0.3) is 10.9 Å². The summed E-state index contributed by atoms with van der Waals surface area (Å²) in [7, 11) is 1.47. The van der Waals surface area contributed by atoms with Crippen LogP contribution < -0.4 is 20.9 Å². The van der Waals surface area contributed by atoms with E-state index >= 15 is 0 Å². The molecule has 0 saturated carbocycles. The third-order valence-electron chi connectivity index (χ3n) is 3.91. The van der Waals surface area contributed by atoms with E-state index in [-0.39, 0.29) is 17.8 Å². The van der Waals surface area contributed by atoms with Gasteiger partial charge in [0, 0.05) is 13.0 Å². The van der Waals surface area contributed by atoms with Crippen molar-refractivity contribution in [2.45, 2.75) is 13.5 Å². The van der Waals surface area contributed by atoms with E-state index in [1.165, 1.54) is 32.5 Å². The van der Waals surface area contributed by atoms with E-state index in [2.05, 4.69) is 15.6 Å². The van der Waals surface area contributed by atoms with Crippen molar-refractivity contribution in [3.05, 3.63) is 58.9 Å². The Kier molecular flexibility index (Phi) is 5.35. The van der Waals surface area contributed by atoms with E-state index in [1.54, 1.807) is 18.2 Å². The number of hydrogen-bond acceptors (Lipinski definition) is 5. The molecule has 0 atom stereocenters. The van der Waals surface area contributed by atoms with Crippen molar-refractivity contribution in [1.82, 2.24) is 9.55 Å². The first-order chi connectivity index (χ1) is 13.4. The molecule has 0 aliphatic carbocycles. The summed E-state index contributed by atoms with van der Waals surface area (Å²) in [6.07, 6.45) is 1.22. The molecule has 3 rings (SSSR count). The van der Waals surface area contributed by atoms with E-state index < -0.39 is 17.3 Å². The Labute approximate surface area is 159 Å². The van der Waals surface area contributed by atoms with E-state index in [0.29, 0.717) is 22.6 Å². The summed E-state index contributed by atoms with van der Waals surface area (Å²) in [6, 6.07) is 8.44. The maximum absolute atomic E-state index is 13.4. The fourth-order valence-corrected chi connectivity index (χ4v) is 2.64. The summed E-state index contributed by atoms with van der Waals surface area (Å²) in [6.45, 7) is 1.00. The Bertz CT molecular complexity index is 1130. The number of halogens is 1. The first-order valence-electron chi connectivity index (χ1n) is 8.27. The van der Waals surface area contributed by atoms with Gasteiger partial charge in [-0.2, -0.15) is 0 Å². The number of carbonyl (C=O) groups is 2. The number of benzene rings is 2. The van der Waals surface area contributed by atoms with Crippen LogP contribution in [0.4, 0.5) is 15.8 Å². The van der Waals surface area contributed by atoms with Gasteiger partial charge < -0.3 is 15.4 Å². The van der Waals surface area contributed by atoms with Crippen molar-refractivity contribution in [2.24, 2.45) is 0 Å². The van der Waals surface area contributed by atoms with Gasteiger partial charge in [0.15, 0.2) is 0 Å². The lowest BCUT2D eigenvalue weighted by Gasteiger charge is -2.13. The predicted octanol–water partition coefficient (Wildman–Crippen LogP) is 2.14. The lowest BCUT2D eigenvalue weighted by Crippen LogP contribution is -2.28. The predicted molar refractivity (Wildman–Crippen MR) is 102 cm³/mol. The standard InChI is InChI=1S/C19H17FN4O4/c1-11(25)22-16-6-4-13(28-2)8-17(16)23-18(26)9-24-10-21-15-5-3-12(20)7-14(15)19(24)27/h3-8,10H,9H2,1-2H3,(H,22,25)(H,23,26). The minimum Gasteiger partial charge on any atom is -0.497 e. The van der Waals surface area contributed by atoms with Crippen LogP contribution in [-0.4, -0.2) is 28.5 Å². The number of anilines is 2. The molecular weight excluding hydrogens is 367 g/mol. The molecule has 9 heteroatoms. The third kappa shape index (κ3) is 4.14. The van der Waals surface area contributed by atoms with E-state index in [9.17, 15) is 18.8 Å². The Balaban J connectivity index is 1.86. The summed E-state index contributed by atoms with van der Waals surface area (Å²) in [5.74, 6) is -0.925. The van der Waals surface area contributed by atoms with Gasteiger partial charge in [-0.15, -0.1) is 0 Å². The van der Waals surface area contributed by atoms with E-state index in [0.717, 1.165) is 10.6 Å². The Morgan fingerprint density at radius 2 is 1.93 bits per heavy atom. The molecule has 1 aromatic heterocycles. The number of carbonyl (C=O) groups excluding carboxylic acids is 2. The van der Waals surface area contributed by atoms with Crippen LogP contribution in [0, 0.1) is 5.82 Å². The largest absolute Gasteiger partial charge is 0.497 e. The second-order valence-corrected chi connectivity index (χ2v) is 5.98. The number of aromatic nitrogens is 2. The minimum atomic E-state index is -0.565. The average molecular weight is 384 g/mol. The van der Waals surface area contributed by atoms with Crippen LogP contribution in [0.1, 0.15) is 6.92 Å². The third-order valence-corrected chi connectivity index (χ3v) is 3.91. The molecule has 0 aliphatic rings. The highest BCUT2D eigenvalue weighted by molar-refractivity contribution is 5.99. The topological polar surface area (TPSA) is 102 Å². The van der Waals surface area contributed by atoms with Gasteiger partial charge in [-0.25, -0.2) is 9.37 Å². The van der Waals surface area contributed by atoms with Crippen LogP contribution in [0.2, 0.25) is 0 Å². The number of fused-ring (bicyclic) bond motifs is 1. The van der Waals surface area contributed by atoms with Gasteiger partial charge in [-0.1, -0.05) is 0 Å². The highest BCUT2D eigenvalue weighted by Crippen LogP contribution is 2.27. The summed E-state index contributed by atoms with van der Waals surface area (Å²) < 4.78 is 19.6. The number of ether oxygens (including phenoxy) is 1. The highest BCUT2D eigenvalue weighted by atomic mass is 19.1. The summed E-state index contributed by atoms with van der Waals surface area (Å²) in [4.78, 5) is 40.3. The maximum Gasteiger partial charge on any atom is 0.261 e. The second kappa shape index (κ2) is 7.87. The van der Waals surface area contributed by atoms with Gasteiger partial charge in [-0.3, -0.25) is 19.0 Å². The molecule has 0 saturated heterocycles. The molecule has 0 bridgehead atoms. The lowest BCUT2D eigenvalue weighted by molar-refractivity contribution is -0.117. The van der Waals surface area contributed by atoms with Crippen LogP contribution >= 0.6 is 0 Å². The molecule has 0 unspecified atom stereocenters. The smallest absolute Gasteiger partial charge is 0.261 e. The Morgan fingerprint density at radius 3 is 2.64 bits per heavy atom. The SMILES string of the molecule is COc1ccc(NC(C)=O)c(NC(=O)Cn2cnc3ccc(F)cc3c2=O)c1. The Morgan fingerprint density at radius 1 is 1.14 bits per heavy atom. The highest BCUT2D eigenvalue weighted by Gasteiger charge is 2.12. The molecule has 3 aromatic rings. The van der Waals surface area contributed by atoms with Gasteiger partial charge in [0.1, 0.15) is 18.1 Å². The molecule has 2 amide bonds. The van der Waals surface area contributed by atoms with Crippen LogP contribution in [0.3, 0.4) is 0 Å². The van der Waals surface area contributed by atoms with Crippen molar-refractivity contribution in [1.29, 1.82) is 0 Å². The molecule has 0 radical (unpaired) electrons. The number of nitrogens with one attached hydrogen (secondary N) is 2. The molecule has 28 heavy (non-hydrogen) atoms. The molecule has 1 heterocycles. The molecule has 0 spiro atoms. The van der Waals surface area contributed by atoms with Gasteiger partial charge in [0.05, 0.1) is 35.7 Å². The number of hydrogen-bond donors (Lipinski definition) is 2. The first kappa shape index (κ1) is 19.0. The zero-order valence-corrected chi connectivity index (χ0v) is 15.2.